The normalized spacial score (nSPS) is 10.7. The number of halogens is 3. The molecular weight excluding hydrogens is 196 g/mol. The lowest BCUT2D eigenvalue weighted by molar-refractivity contribution is 0.590. The summed E-state index contributed by atoms with van der Waals surface area (Å²) in [7, 11) is 0. The molecule has 2 rings (SSSR count). The molecule has 1 aromatic heterocycles. The molecule has 1 nitrogen and oxygen atoms in total. The summed E-state index contributed by atoms with van der Waals surface area (Å²) in [5, 5.41) is 0.597. The number of nitrogens with zero attached hydrogens (tertiary/aromatic N) is 1. The number of rotatable bonds is 0. The fourth-order valence-corrected chi connectivity index (χ4v) is 1.28. The van der Waals surface area contributed by atoms with Gasteiger partial charge in [-0.1, -0.05) is 11.6 Å². The Balaban J connectivity index is 2.87. The molecule has 0 atom stereocenters. The van der Waals surface area contributed by atoms with Crippen LogP contribution in [0.2, 0.25) is 5.15 Å². The van der Waals surface area contributed by atoms with Crippen LogP contribution >= 0.6 is 11.6 Å². The third-order valence-electron chi connectivity index (χ3n) is 1.68. The Kier molecular flexibility index (Phi) is 1.88. The first-order chi connectivity index (χ1) is 6.16. The summed E-state index contributed by atoms with van der Waals surface area (Å²) >= 11 is 5.56. The van der Waals surface area contributed by atoms with E-state index >= 15 is 0 Å². The Morgan fingerprint density at radius 2 is 1.92 bits per heavy atom. The van der Waals surface area contributed by atoms with Crippen molar-refractivity contribution in [3.05, 3.63) is 41.1 Å². The van der Waals surface area contributed by atoms with E-state index < -0.39 is 11.6 Å². The van der Waals surface area contributed by atoms with Gasteiger partial charge in [-0.3, -0.25) is 0 Å². The maximum Gasteiger partial charge on any atom is 0.152 e. The largest absolute Gasteiger partial charge is 0.233 e. The van der Waals surface area contributed by atoms with Crippen LogP contribution in [0.25, 0.3) is 10.9 Å². The Hall–Kier alpha value is -1.22. The molecule has 2 aromatic rings. The van der Waals surface area contributed by atoms with Crippen molar-refractivity contribution in [2.75, 3.05) is 0 Å². The molecule has 66 valence electrons. The Morgan fingerprint density at radius 3 is 2.69 bits per heavy atom. The average molecular weight is 200 g/mol. The summed E-state index contributed by atoms with van der Waals surface area (Å²) in [5.41, 5.74) is 0.0916. The summed E-state index contributed by atoms with van der Waals surface area (Å²) in [4.78, 5) is 3.74. The first-order valence-electron chi connectivity index (χ1n) is 3.58. The minimum absolute atomic E-state index is 0.0916. The first kappa shape index (κ1) is 8.38. The molecule has 0 saturated carbocycles. The number of pyridine rings is 1. The van der Waals surface area contributed by atoms with E-state index in [4.69, 9.17) is 11.6 Å². The number of benzene rings is 1. The second-order valence-electron chi connectivity index (χ2n) is 2.59. The van der Waals surface area contributed by atoms with Crippen LogP contribution in [-0.2, 0) is 0 Å². The van der Waals surface area contributed by atoms with E-state index in [2.05, 4.69) is 4.98 Å². The van der Waals surface area contributed by atoms with E-state index in [0.717, 1.165) is 6.07 Å². The van der Waals surface area contributed by atoms with Gasteiger partial charge >= 0.3 is 0 Å². The van der Waals surface area contributed by atoms with Gasteiger partial charge in [0, 0.05) is 11.5 Å². The zero-order valence-electron chi connectivity index (χ0n) is 6.39. The van der Waals surface area contributed by atoms with Crippen LogP contribution in [0, 0.1) is 11.6 Å². The Morgan fingerprint density at radius 1 is 1.15 bits per heavy atom. The van der Waals surface area contributed by atoms with Crippen molar-refractivity contribution in [3.63, 3.8) is 0 Å². The molecule has 0 amide bonds. The Bertz CT molecular complexity index is 470. The summed E-state index contributed by atoms with van der Waals surface area (Å²) in [6.07, 6.45) is 0. The van der Waals surface area contributed by atoms with Crippen molar-refractivity contribution < 1.29 is 8.78 Å². The topological polar surface area (TPSA) is 12.9 Å². The van der Waals surface area contributed by atoms with Gasteiger partial charge in [0.15, 0.2) is 5.82 Å². The van der Waals surface area contributed by atoms with E-state index in [0.29, 0.717) is 5.39 Å². The van der Waals surface area contributed by atoms with Crippen LogP contribution in [0.5, 0.6) is 0 Å². The quantitative estimate of drug-likeness (QED) is 0.594. The van der Waals surface area contributed by atoms with Crippen molar-refractivity contribution in [2.45, 2.75) is 0 Å². The third-order valence-corrected chi connectivity index (χ3v) is 1.89. The molecule has 0 aliphatic carbocycles. The van der Waals surface area contributed by atoms with Crippen molar-refractivity contribution in [1.82, 2.24) is 4.98 Å². The number of hydrogen-bond acceptors (Lipinski definition) is 1. The molecule has 0 aliphatic heterocycles. The average Bonchev–Trinajstić information content (AvgIpc) is 2.06. The van der Waals surface area contributed by atoms with E-state index in [1.54, 1.807) is 0 Å². The van der Waals surface area contributed by atoms with Crippen LogP contribution in [0.3, 0.4) is 0 Å². The van der Waals surface area contributed by atoms with Crippen molar-refractivity contribution in [2.24, 2.45) is 0 Å². The summed E-state index contributed by atoms with van der Waals surface area (Å²) in [5.74, 6) is -1.31. The zero-order chi connectivity index (χ0) is 9.42. The number of hydrogen-bond donors (Lipinski definition) is 0. The van der Waals surface area contributed by atoms with E-state index in [1.165, 1.54) is 18.2 Å². The van der Waals surface area contributed by atoms with Gasteiger partial charge in [-0.2, -0.15) is 0 Å². The molecule has 0 N–H and O–H groups in total. The molecule has 0 spiro atoms. The minimum atomic E-state index is -0.697. The number of fused-ring (bicyclic) bond motifs is 1. The molecule has 1 heterocycles. The van der Waals surface area contributed by atoms with E-state index in [1.807, 2.05) is 0 Å². The van der Waals surface area contributed by atoms with Gasteiger partial charge in [-0.25, -0.2) is 13.8 Å². The smallest absolute Gasteiger partial charge is 0.152 e. The lowest BCUT2D eigenvalue weighted by Crippen LogP contribution is -1.86. The SMILES string of the molecule is Fc1cc(F)c2nc(Cl)ccc2c1. The highest BCUT2D eigenvalue weighted by Crippen LogP contribution is 2.19. The number of aromatic nitrogens is 1. The zero-order valence-corrected chi connectivity index (χ0v) is 7.15. The second-order valence-corrected chi connectivity index (χ2v) is 2.98. The summed E-state index contributed by atoms with van der Waals surface area (Å²) < 4.78 is 25.8. The molecule has 0 radical (unpaired) electrons. The van der Waals surface area contributed by atoms with Crippen molar-refractivity contribution in [3.8, 4) is 0 Å². The van der Waals surface area contributed by atoms with Crippen LogP contribution in [0.15, 0.2) is 24.3 Å². The fraction of sp³-hybridized carbons (Fsp3) is 0. The molecule has 13 heavy (non-hydrogen) atoms. The highest BCUT2D eigenvalue weighted by atomic mass is 35.5. The predicted molar refractivity (Wildman–Crippen MR) is 46.7 cm³/mol. The molecule has 0 aliphatic rings. The van der Waals surface area contributed by atoms with Crippen molar-refractivity contribution >= 4 is 22.5 Å². The highest BCUT2D eigenvalue weighted by molar-refractivity contribution is 6.29. The van der Waals surface area contributed by atoms with Crippen LogP contribution in [0.4, 0.5) is 8.78 Å². The predicted octanol–water partition coefficient (Wildman–Crippen LogP) is 3.17. The lowest BCUT2D eigenvalue weighted by Gasteiger charge is -1.98. The maximum absolute atomic E-state index is 13.1. The van der Waals surface area contributed by atoms with Crippen LogP contribution in [0.1, 0.15) is 0 Å². The molecular formula is C9H4ClF2N. The first-order valence-corrected chi connectivity index (χ1v) is 3.96. The monoisotopic (exact) mass is 199 g/mol. The van der Waals surface area contributed by atoms with Gasteiger partial charge in [0.25, 0.3) is 0 Å². The van der Waals surface area contributed by atoms with Crippen LogP contribution < -0.4 is 0 Å². The van der Waals surface area contributed by atoms with Gasteiger partial charge in [0.05, 0.1) is 0 Å². The van der Waals surface area contributed by atoms with Gasteiger partial charge in [0.2, 0.25) is 0 Å². The summed E-state index contributed by atoms with van der Waals surface area (Å²) in [6.45, 7) is 0. The molecule has 4 heteroatoms. The molecule has 0 fully saturated rings. The lowest BCUT2D eigenvalue weighted by atomic mass is 10.2. The second kappa shape index (κ2) is 2.92. The van der Waals surface area contributed by atoms with Gasteiger partial charge in [-0.15, -0.1) is 0 Å². The molecule has 0 saturated heterocycles. The molecule has 0 unspecified atom stereocenters. The Labute approximate surface area is 78.0 Å². The summed E-state index contributed by atoms with van der Waals surface area (Å²) in [6, 6.07) is 5.01. The van der Waals surface area contributed by atoms with Gasteiger partial charge in [0.1, 0.15) is 16.5 Å². The maximum atomic E-state index is 13.1. The van der Waals surface area contributed by atoms with Crippen molar-refractivity contribution in [1.29, 1.82) is 0 Å². The standard InChI is InChI=1S/C9H4ClF2N/c10-8-2-1-5-3-6(11)4-7(12)9(5)13-8/h1-4H. The highest BCUT2D eigenvalue weighted by Gasteiger charge is 2.05. The van der Waals surface area contributed by atoms with Gasteiger partial charge in [-0.05, 0) is 18.2 Å². The molecule has 1 aromatic carbocycles. The van der Waals surface area contributed by atoms with E-state index in [9.17, 15) is 8.78 Å². The molecule has 0 bridgehead atoms. The van der Waals surface area contributed by atoms with Crippen LogP contribution in [-0.4, -0.2) is 4.98 Å². The third kappa shape index (κ3) is 1.47. The van der Waals surface area contributed by atoms with E-state index in [-0.39, 0.29) is 10.7 Å². The minimum Gasteiger partial charge on any atom is -0.233 e. The van der Waals surface area contributed by atoms with Gasteiger partial charge < -0.3 is 0 Å². The fourth-order valence-electron chi connectivity index (χ4n) is 1.13.